The third kappa shape index (κ3) is 1.87. The third-order valence-corrected chi connectivity index (χ3v) is 6.34. The van der Waals surface area contributed by atoms with Crippen molar-refractivity contribution in [3.05, 3.63) is 77.0 Å². The van der Waals surface area contributed by atoms with E-state index in [4.69, 9.17) is 6.57 Å². The molecule has 0 saturated heterocycles. The van der Waals surface area contributed by atoms with E-state index in [0.29, 0.717) is 5.69 Å². The quantitative estimate of drug-likeness (QED) is 0.131. The van der Waals surface area contributed by atoms with Crippen LogP contribution in [0.1, 0.15) is 11.1 Å². The molecule has 0 aliphatic carbocycles. The van der Waals surface area contributed by atoms with Crippen LogP contribution in [-0.2, 0) is 7.05 Å². The molecule has 0 atom stereocenters. The van der Waals surface area contributed by atoms with Gasteiger partial charge >= 0.3 is 0 Å². The smallest absolute Gasteiger partial charge is 0.224 e. The van der Waals surface area contributed by atoms with Gasteiger partial charge in [0.25, 0.3) is 0 Å². The van der Waals surface area contributed by atoms with Gasteiger partial charge in [-0.2, -0.15) is 0 Å². The van der Waals surface area contributed by atoms with Crippen molar-refractivity contribution in [2.45, 2.75) is 13.8 Å². The zero-order chi connectivity index (χ0) is 20.0. The summed E-state index contributed by atoms with van der Waals surface area (Å²) in [6.45, 7) is 11.9. The number of hydrogen-bond acceptors (Lipinski definition) is 0. The Balaban J connectivity index is 2.14. The summed E-state index contributed by atoms with van der Waals surface area (Å²) < 4.78 is 18.6. The topological polar surface area (TPSA) is 12.7 Å². The first kappa shape index (κ1) is 16.3. The summed E-state index contributed by atoms with van der Waals surface area (Å²) in [4.78, 5) is 3.69. The highest BCUT2D eigenvalue weighted by Crippen LogP contribution is 2.42. The molecule has 0 aliphatic rings. The summed E-state index contributed by atoms with van der Waals surface area (Å²) in [7, 11) is 2.06. The molecular weight excluding hydrogens is 361 g/mol. The molecule has 0 saturated carbocycles. The highest BCUT2D eigenvalue weighted by Gasteiger charge is 2.25. The number of aryl methyl sites for hydroxylation is 3. The summed E-state index contributed by atoms with van der Waals surface area (Å²) >= 11 is 0. The summed E-state index contributed by atoms with van der Waals surface area (Å²) in [5, 5.41) is 5.47. The number of fused-ring (bicyclic) bond motifs is 5. The maximum absolute atomic E-state index is 14.3. The number of pyridine rings is 2. The molecule has 0 unspecified atom stereocenters. The van der Waals surface area contributed by atoms with Crippen molar-refractivity contribution >= 4 is 54.7 Å². The number of hydrogen-bond donors (Lipinski definition) is 0. The predicted molar refractivity (Wildman–Crippen MR) is 115 cm³/mol. The Labute approximate surface area is 166 Å². The SMILES string of the molecule is [C-]#[N+]c1cc2cc[n+](C)c3c4c(C)c(C)cc5c6ccc(F)cc6n(c(c1)c23)c54. The van der Waals surface area contributed by atoms with Crippen molar-refractivity contribution < 1.29 is 8.96 Å². The van der Waals surface area contributed by atoms with Gasteiger partial charge in [0, 0.05) is 16.8 Å². The van der Waals surface area contributed by atoms with Gasteiger partial charge in [-0.25, -0.2) is 13.8 Å². The van der Waals surface area contributed by atoms with Gasteiger partial charge in [-0.05, 0) is 66.8 Å². The van der Waals surface area contributed by atoms with E-state index in [0.717, 1.165) is 43.6 Å². The van der Waals surface area contributed by atoms with Crippen LogP contribution in [0.2, 0.25) is 0 Å². The molecule has 138 valence electrons. The van der Waals surface area contributed by atoms with Gasteiger partial charge in [0.15, 0.2) is 11.9 Å². The molecule has 0 bridgehead atoms. The molecule has 3 heterocycles. The molecule has 6 aromatic rings. The number of rotatable bonds is 0. The molecule has 4 heteroatoms. The van der Waals surface area contributed by atoms with Crippen molar-refractivity contribution in [2.75, 3.05) is 0 Å². The minimum absolute atomic E-state index is 0.256. The standard InChI is InChI=1S/C25H17FN3/c1-13-9-19-18-6-5-16(26)11-20(18)29-21-12-17(27-3)10-15-7-8-28(4)25(23(15)21)22(14(13)2)24(19)29/h5-12H,1-2,4H3/q+1. The fraction of sp³-hybridized carbons (Fsp3) is 0.120. The van der Waals surface area contributed by atoms with Crippen molar-refractivity contribution in [3.8, 4) is 0 Å². The second-order valence-electron chi connectivity index (χ2n) is 7.90. The number of aromatic nitrogens is 2. The van der Waals surface area contributed by atoms with Crippen LogP contribution in [0.25, 0.3) is 53.8 Å². The van der Waals surface area contributed by atoms with Crippen LogP contribution in [0.4, 0.5) is 10.1 Å². The second-order valence-corrected chi connectivity index (χ2v) is 7.90. The number of nitrogens with zero attached hydrogens (tertiary/aromatic N) is 3. The van der Waals surface area contributed by atoms with E-state index in [1.165, 1.54) is 22.6 Å². The number of benzene rings is 3. The largest absolute Gasteiger partial charge is 0.309 e. The first-order chi connectivity index (χ1) is 14.0. The monoisotopic (exact) mass is 378 g/mol. The Morgan fingerprint density at radius 3 is 2.59 bits per heavy atom. The van der Waals surface area contributed by atoms with E-state index in [2.05, 4.69) is 53.0 Å². The Bertz CT molecular complexity index is 1700. The lowest BCUT2D eigenvalue weighted by atomic mass is 9.96. The highest BCUT2D eigenvalue weighted by atomic mass is 19.1. The van der Waals surface area contributed by atoms with Gasteiger partial charge in [0.05, 0.1) is 33.9 Å². The Morgan fingerprint density at radius 1 is 0.966 bits per heavy atom. The zero-order valence-electron chi connectivity index (χ0n) is 16.3. The molecule has 0 radical (unpaired) electrons. The Morgan fingerprint density at radius 2 is 1.79 bits per heavy atom. The van der Waals surface area contributed by atoms with Crippen LogP contribution in [0.5, 0.6) is 0 Å². The van der Waals surface area contributed by atoms with E-state index in [1.807, 2.05) is 18.2 Å². The van der Waals surface area contributed by atoms with E-state index < -0.39 is 0 Å². The predicted octanol–water partition coefficient (Wildman–Crippen LogP) is 6.12. The molecule has 0 N–H and O–H groups in total. The van der Waals surface area contributed by atoms with Crippen LogP contribution in [0.15, 0.2) is 48.7 Å². The van der Waals surface area contributed by atoms with Gasteiger partial charge in [0.2, 0.25) is 5.52 Å². The summed E-state index contributed by atoms with van der Waals surface area (Å²) in [6.07, 6.45) is 2.06. The molecule has 0 fully saturated rings. The van der Waals surface area contributed by atoms with Gasteiger partial charge in [-0.15, -0.1) is 0 Å². The molecule has 6 rings (SSSR count). The molecule has 0 aliphatic heterocycles. The maximum Gasteiger partial charge on any atom is 0.224 e. The van der Waals surface area contributed by atoms with Gasteiger partial charge in [-0.1, -0.05) is 0 Å². The minimum Gasteiger partial charge on any atom is -0.309 e. The average molecular weight is 378 g/mol. The molecule has 0 amide bonds. The van der Waals surface area contributed by atoms with E-state index in [9.17, 15) is 4.39 Å². The molecular formula is C25H17FN3+. The lowest BCUT2D eigenvalue weighted by molar-refractivity contribution is -0.643. The lowest BCUT2D eigenvalue weighted by Gasteiger charge is -2.14. The number of halogens is 1. The molecule has 3 aromatic carbocycles. The zero-order valence-corrected chi connectivity index (χ0v) is 16.3. The molecule has 3 aromatic heterocycles. The van der Waals surface area contributed by atoms with Crippen LogP contribution in [0, 0.1) is 26.2 Å². The van der Waals surface area contributed by atoms with E-state index in [1.54, 1.807) is 6.07 Å². The van der Waals surface area contributed by atoms with Gasteiger partial charge in [-0.3, -0.25) is 0 Å². The van der Waals surface area contributed by atoms with Crippen molar-refractivity contribution in [3.63, 3.8) is 0 Å². The normalized spacial score (nSPS) is 12.1. The summed E-state index contributed by atoms with van der Waals surface area (Å²) in [6, 6.07) is 13.1. The second kappa shape index (κ2) is 5.21. The van der Waals surface area contributed by atoms with Gasteiger partial charge < -0.3 is 4.40 Å². The minimum atomic E-state index is -0.256. The van der Waals surface area contributed by atoms with Crippen LogP contribution >= 0.6 is 0 Å². The fourth-order valence-corrected chi connectivity index (χ4v) is 4.93. The molecule has 29 heavy (non-hydrogen) atoms. The van der Waals surface area contributed by atoms with Crippen molar-refractivity contribution in [1.29, 1.82) is 0 Å². The maximum atomic E-state index is 14.3. The van der Waals surface area contributed by atoms with Crippen LogP contribution in [0.3, 0.4) is 0 Å². The third-order valence-electron chi connectivity index (χ3n) is 6.34. The van der Waals surface area contributed by atoms with E-state index in [-0.39, 0.29) is 5.82 Å². The lowest BCUT2D eigenvalue weighted by Crippen LogP contribution is -2.29. The molecule has 3 nitrogen and oxygen atoms in total. The van der Waals surface area contributed by atoms with Crippen LogP contribution in [-0.4, -0.2) is 4.40 Å². The van der Waals surface area contributed by atoms with Gasteiger partial charge in [0.1, 0.15) is 12.9 Å². The molecule has 0 spiro atoms. The van der Waals surface area contributed by atoms with E-state index >= 15 is 0 Å². The van der Waals surface area contributed by atoms with Crippen molar-refractivity contribution in [2.24, 2.45) is 7.05 Å². The van der Waals surface area contributed by atoms with Crippen molar-refractivity contribution in [1.82, 2.24) is 4.40 Å². The fourth-order valence-electron chi connectivity index (χ4n) is 4.93. The summed E-state index contributed by atoms with van der Waals surface area (Å²) in [5.41, 5.74) is 7.06. The Kier molecular flexibility index (Phi) is 2.92. The highest BCUT2D eigenvalue weighted by molar-refractivity contribution is 6.26. The summed E-state index contributed by atoms with van der Waals surface area (Å²) in [5.74, 6) is -0.256. The first-order valence-corrected chi connectivity index (χ1v) is 9.58. The first-order valence-electron chi connectivity index (χ1n) is 9.58. The Hall–Kier alpha value is -3.71. The average Bonchev–Trinajstić information content (AvgIpc) is 3.02. The van der Waals surface area contributed by atoms with Crippen LogP contribution < -0.4 is 4.57 Å².